The van der Waals surface area contributed by atoms with Crippen molar-refractivity contribution in [3.8, 4) is 5.40 Å². The van der Waals surface area contributed by atoms with E-state index in [9.17, 15) is 8.78 Å². The van der Waals surface area contributed by atoms with E-state index in [1.54, 1.807) is 11.7 Å². The first kappa shape index (κ1) is 19.5. The highest BCUT2D eigenvalue weighted by molar-refractivity contribution is 8.03. The average molecular weight is 291 g/mol. The maximum atomic E-state index is 10.7. The van der Waals surface area contributed by atoms with Gasteiger partial charge in [0.1, 0.15) is 17.4 Å². The molecule has 0 spiro atoms. The maximum absolute atomic E-state index is 10.7. The molecule has 0 aliphatic carbocycles. The lowest BCUT2D eigenvalue weighted by atomic mass is 11.8. The highest BCUT2D eigenvalue weighted by atomic mass is 35.6. The third kappa shape index (κ3) is 100. The summed E-state index contributed by atoms with van der Waals surface area (Å²) in [5.41, 5.74) is 0. The number of alkyl halides is 5. The summed E-state index contributed by atoms with van der Waals surface area (Å²) in [6, 6.07) is -0.865. The van der Waals surface area contributed by atoms with Crippen LogP contribution in [-0.2, 0) is 0 Å². The number of halogens is 5. The molecule has 0 amide bonds. The van der Waals surface area contributed by atoms with E-state index >= 15 is 0 Å². The van der Waals surface area contributed by atoms with Gasteiger partial charge in [-0.3, -0.25) is 0 Å². The third-order valence-corrected chi connectivity index (χ3v) is 0.685. The summed E-state index contributed by atoms with van der Waals surface area (Å²) in [6.07, 6.45) is 1.72. The Labute approximate surface area is 100 Å². The van der Waals surface area contributed by atoms with Gasteiger partial charge < -0.3 is 0 Å². The first-order valence-electron chi connectivity index (χ1n) is 2.60. The fourth-order valence-electron chi connectivity index (χ4n) is 0.0244. The molecule has 0 saturated carbocycles. The standard InChI is InChI=1S/C2H2FNS.C2H5FS.CHCl3/c3-1-5-2-4;1-4-2-3;2-1(3)4/h1H2;2H2,1H3;1H. The second kappa shape index (κ2) is 23.1. The smallest absolute Gasteiger partial charge is 0.180 e. The molecule has 8 heteroatoms. The highest BCUT2D eigenvalue weighted by Gasteiger charge is 1.78. The minimum atomic E-state index is -0.750. The molecule has 0 N–H and O–H groups in total. The molecule has 0 aliphatic rings. The van der Waals surface area contributed by atoms with E-state index in [1.165, 1.54) is 11.8 Å². The second-order valence-corrected chi connectivity index (χ2v) is 4.45. The Morgan fingerprint density at radius 3 is 1.62 bits per heavy atom. The van der Waals surface area contributed by atoms with E-state index in [-0.39, 0.29) is 6.01 Å². The maximum Gasteiger partial charge on any atom is 0.180 e. The van der Waals surface area contributed by atoms with Crippen molar-refractivity contribution in [1.82, 2.24) is 0 Å². The molecule has 0 unspecified atom stereocenters. The molecule has 13 heavy (non-hydrogen) atoms. The van der Waals surface area contributed by atoms with Crippen LogP contribution in [0.2, 0.25) is 0 Å². The lowest BCUT2D eigenvalue weighted by Gasteiger charge is -1.69. The third-order valence-electron chi connectivity index (χ3n) is 0.228. The van der Waals surface area contributed by atoms with Crippen molar-refractivity contribution in [3.63, 3.8) is 0 Å². The number of nitrogens with zero attached hydrogens (tertiary/aromatic N) is 1. The van der Waals surface area contributed by atoms with Crippen molar-refractivity contribution in [2.24, 2.45) is 0 Å². The van der Waals surface area contributed by atoms with Crippen LogP contribution in [0.5, 0.6) is 0 Å². The van der Waals surface area contributed by atoms with Gasteiger partial charge in [0.25, 0.3) is 0 Å². The van der Waals surface area contributed by atoms with Gasteiger partial charge in [0, 0.05) is 0 Å². The highest BCUT2D eigenvalue weighted by Crippen LogP contribution is 2.03. The first-order valence-corrected chi connectivity index (χ1v) is 6.29. The van der Waals surface area contributed by atoms with Crippen molar-refractivity contribution in [2.75, 3.05) is 18.3 Å². The lowest BCUT2D eigenvalue weighted by molar-refractivity contribution is 0.606. The summed E-state index contributed by atoms with van der Waals surface area (Å²) in [5, 5.41) is 9.10. The molecule has 0 saturated heterocycles. The zero-order valence-corrected chi connectivity index (χ0v) is 10.5. The van der Waals surface area contributed by atoms with E-state index in [4.69, 9.17) is 40.1 Å². The molecule has 0 aromatic carbocycles. The van der Waals surface area contributed by atoms with Gasteiger partial charge in [0.15, 0.2) is 4.30 Å². The van der Waals surface area contributed by atoms with Gasteiger partial charge in [0.2, 0.25) is 0 Å². The molecule has 0 aromatic heterocycles. The molecule has 0 atom stereocenters. The van der Waals surface area contributed by atoms with E-state index in [0.29, 0.717) is 11.8 Å². The van der Waals surface area contributed by atoms with Crippen LogP contribution in [0.25, 0.3) is 0 Å². The molecule has 80 valence electrons. The summed E-state index contributed by atoms with van der Waals surface area (Å²) in [7, 11) is 0. The fraction of sp³-hybridized carbons (Fsp3) is 0.800. The Kier molecular flexibility index (Phi) is 34.6. The molecule has 0 aromatic rings. The van der Waals surface area contributed by atoms with Crippen LogP contribution in [0.4, 0.5) is 8.78 Å². The van der Waals surface area contributed by atoms with Gasteiger partial charge in [-0.05, 0) is 18.0 Å². The summed E-state index contributed by atoms with van der Waals surface area (Å²) in [4.78, 5) is 0. The Morgan fingerprint density at radius 2 is 1.62 bits per heavy atom. The van der Waals surface area contributed by atoms with Crippen LogP contribution in [0, 0.1) is 10.7 Å². The Bertz CT molecular complexity index is 108. The molecule has 0 heterocycles. The Hall–Kier alpha value is 0.920. The minimum absolute atomic E-state index is 0.264. The molecular formula is C5H8Cl3F2NS2. The van der Waals surface area contributed by atoms with Crippen LogP contribution >= 0.6 is 58.3 Å². The lowest BCUT2D eigenvalue weighted by Crippen LogP contribution is -1.55. The zero-order chi connectivity index (χ0) is 11.1. The monoisotopic (exact) mass is 289 g/mol. The summed E-state index contributed by atoms with van der Waals surface area (Å²) in [5.74, 6) is 0. The van der Waals surface area contributed by atoms with Crippen LogP contribution in [0.1, 0.15) is 0 Å². The van der Waals surface area contributed by atoms with Gasteiger partial charge in [0.05, 0.1) is 0 Å². The topological polar surface area (TPSA) is 23.8 Å². The molecular weight excluding hydrogens is 283 g/mol. The van der Waals surface area contributed by atoms with Crippen molar-refractivity contribution >= 4 is 58.3 Å². The Morgan fingerprint density at radius 1 is 1.31 bits per heavy atom. The van der Waals surface area contributed by atoms with Gasteiger partial charge in [-0.2, -0.15) is 5.26 Å². The number of nitriles is 1. The van der Waals surface area contributed by atoms with Gasteiger partial charge in [-0.1, -0.05) is 34.8 Å². The Balaban J connectivity index is -0.000000117. The summed E-state index contributed by atoms with van der Waals surface area (Å²) >= 11 is 16.2. The summed E-state index contributed by atoms with van der Waals surface area (Å²) in [6.45, 7) is 0. The number of thioether (sulfide) groups is 2. The van der Waals surface area contributed by atoms with Crippen molar-refractivity contribution in [1.29, 1.82) is 5.26 Å². The van der Waals surface area contributed by atoms with Gasteiger partial charge in [-0.15, -0.1) is 11.8 Å². The van der Waals surface area contributed by atoms with Crippen molar-refractivity contribution in [2.45, 2.75) is 4.30 Å². The van der Waals surface area contributed by atoms with E-state index in [1.807, 2.05) is 0 Å². The largest absolute Gasteiger partial charge is 0.239 e. The minimum Gasteiger partial charge on any atom is -0.239 e. The number of hydrogen-bond acceptors (Lipinski definition) is 3. The predicted octanol–water partition coefficient (Wildman–Crippen LogP) is 4.39. The number of hydrogen-bond donors (Lipinski definition) is 0. The number of rotatable bonds is 2. The second-order valence-electron chi connectivity index (χ2n) is 0.990. The number of thiocyanates is 1. The first-order chi connectivity index (χ1) is 6.06. The predicted molar refractivity (Wildman–Crippen MR) is 60.0 cm³/mol. The van der Waals surface area contributed by atoms with Crippen LogP contribution in [0.3, 0.4) is 0 Å². The molecule has 0 rings (SSSR count). The summed E-state index contributed by atoms with van der Waals surface area (Å²) < 4.78 is 20.7. The van der Waals surface area contributed by atoms with Gasteiger partial charge in [-0.25, -0.2) is 8.78 Å². The van der Waals surface area contributed by atoms with Crippen molar-refractivity contribution in [3.05, 3.63) is 0 Å². The van der Waals surface area contributed by atoms with Crippen LogP contribution in [-0.4, -0.2) is 22.6 Å². The SMILES string of the molecule is CSCF.ClC(Cl)Cl.N#CSCF. The van der Waals surface area contributed by atoms with E-state index in [2.05, 4.69) is 0 Å². The average Bonchev–Trinajstić information content (AvgIpc) is 2.05. The molecule has 0 aliphatic heterocycles. The van der Waals surface area contributed by atoms with E-state index < -0.39 is 10.3 Å². The molecule has 0 radical (unpaired) electrons. The van der Waals surface area contributed by atoms with Crippen LogP contribution < -0.4 is 0 Å². The zero-order valence-electron chi connectivity index (χ0n) is 6.65. The normalized spacial score (nSPS) is 7.54. The fourth-order valence-corrected chi connectivity index (χ4v) is 0.0732. The van der Waals surface area contributed by atoms with Gasteiger partial charge >= 0.3 is 0 Å². The molecule has 0 bridgehead atoms. The molecule has 1 nitrogen and oxygen atoms in total. The van der Waals surface area contributed by atoms with Crippen molar-refractivity contribution < 1.29 is 8.78 Å². The van der Waals surface area contributed by atoms with Crippen LogP contribution in [0.15, 0.2) is 0 Å². The van der Waals surface area contributed by atoms with E-state index in [0.717, 1.165) is 0 Å². The molecule has 0 fully saturated rings. The quantitative estimate of drug-likeness (QED) is 0.557.